The van der Waals surface area contributed by atoms with Gasteiger partial charge in [-0.1, -0.05) is 37.3 Å². The normalized spacial score (nSPS) is 14.7. The minimum atomic E-state index is -0.691. The van der Waals surface area contributed by atoms with Gasteiger partial charge in [0.1, 0.15) is 18.1 Å². The summed E-state index contributed by atoms with van der Waals surface area (Å²) in [6.45, 7) is 1.55. The maximum Gasteiger partial charge on any atom is 0.329 e. The van der Waals surface area contributed by atoms with Gasteiger partial charge in [-0.3, -0.25) is 9.59 Å². The summed E-state index contributed by atoms with van der Waals surface area (Å²) in [5.74, 6) is -1.53. The van der Waals surface area contributed by atoms with E-state index in [-0.39, 0.29) is 5.70 Å². The summed E-state index contributed by atoms with van der Waals surface area (Å²) >= 11 is 0. The van der Waals surface area contributed by atoms with Crippen molar-refractivity contribution in [2.75, 3.05) is 11.9 Å². The summed E-state index contributed by atoms with van der Waals surface area (Å²) in [5.41, 5.74) is 2.42. The number of carbonyl (C=O) groups is 3. The summed E-state index contributed by atoms with van der Waals surface area (Å²) in [7, 11) is 0. The fraction of sp³-hybridized carbons (Fsp3) is 0.125. The molecule has 1 fully saturated rings. The topological polar surface area (TPSA) is 83.4 Å². The lowest BCUT2D eigenvalue weighted by atomic mass is 10.1. The lowest BCUT2D eigenvalue weighted by Crippen LogP contribution is -2.38. The fourth-order valence-electron chi connectivity index (χ4n) is 3.53. The highest BCUT2D eigenvalue weighted by Crippen LogP contribution is 2.20. The number of hydrogen-bond acceptors (Lipinski definition) is 3. The number of rotatable bonds is 6. The fourth-order valence-corrected chi connectivity index (χ4v) is 3.53. The highest BCUT2D eigenvalue weighted by Gasteiger charge is 2.35. The van der Waals surface area contributed by atoms with Crippen LogP contribution in [0.1, 0.15) is 18.2 Å². The number of nitrogens with zero attached hydrogens (tertiary/aromatic N) is 2. The molecule has 4 amide bonds. The summed E-state index contributed by atoms with van der Waals surface area (Å²) in [6, 6.07) is 16.3. The molecule has 0 saturated carbocycles. The second-order valence-corrected chi connectivity index (χ2v) is 7.19. The molecule has 1 aliphatic heterocycles. The summed E-state index contributed by atoms with van der Waals surface area (Å²) in [6.07, 6.45) is 3.84. The molecule has 2 aromatic carbocycles. The molecule has 3 aromatic rings. The van der Waals surface area contributed by atoms with Crippen LogP contribution in [-0.2, 0) is 16.0 Å². The molecule has 0 aliphatic carbocycles. The van der Waals surface area contributed by atoms with Gasteiger partial charge in [-0.25, -0.2) is 14.1 Å². The van der Waals surface area contributed by atoms with Crippen molar-refractivity contribution in [1.82, 2.24) is 14.8 Å². The average Bonchev–Trinajstić information content (AvgIpc) is 3.34. The van der Waals surface area contributed by atoms with Crippen LogP contribution in [-0.4, -0.2) is 33.9 Å². The Hall–Kier alpha value is -4.20. The molecule has 0 bridgehead atoms. The molecule has 4 rings (SSSR count). The monoisotopic (exact) mass is 432 g/mol. The molecule has 162 valence electrons. The van der Waals surface area contributed by atoms with Crippen LogP contribution in [0.3, 0.4) is 0 Å². The van der Waals surface area contributed by atoms with Gasteiger partial charge >= 0.3 is 6.03 Å². The van der Waals surface area contributed by atoms with Crippen molar-refractivity contribution in [1.29, 1.82) is 0 Å². The third-order valence-corrected chi connectivity index (χ3v) is 5.12. The number of nitrogens with one attached hydrogen (secondary N) is 2. The number of aryl methyl sites for hydroxylation is 1. The second-order valence-electron chi connectivity index (χ2n) is 7.19. The number of carbonyl (C=O) groups excluding carboxylic acids is 3. The summed E-state index contributed by atoms with van der Waals surface area (Å²) in [5, 5.41) is 5.24. The molecule has 32 heavy (non-hydrogen) atoms. The first-order valence-corrected chi connectivity index (χ1v) is 10.1. The zero-order chi connectivity index (χ0) is 22.7. The first kappa shape index (κ1) is 21.0. The van der Waals surface area contributed by atoms with Gasteiger partial charge in [-0.05, 0) is 48.4 Å². The van der Waals surface area contributed by atoms with Gasteiger partial charge in [0.15, 0.2) is 0 Å². The largest absolute Gasteiger partial charge is 0.329 e. The molecule has 2 heterocycles. The van der Waals surface area contributed by atoms with E-state index in [0.29, 0.717) is 17.1 Å². The van der Waals surface area contributed by atoms with E-state index in [2.05, 4.69) is 10.6 Å². The van der Waals surface area contributed by atoms with E-state index in [1.54, 1.807) is 53.2 Å². The van der Waals surface area contributed by atoms with Crippen molar-refractivity contribution in [2.24, 2.45) is 0 Å². The standard InChI is InChI=1S/C24H21FN4O3/c1-2-16-8-3-5-11-19(16)26-22(30)15-29-23(31)20(27-24(29)32)14-17-9-7-13-28(17)21-12-6-4-10-18(21)25/h3-14H,2,15H2,1H3,(H,26,30)(H,27,32)/b20-14+. The van der Waals surface area contributed by atoms with Crippen LogP contribution in [0.2, 0.25) is 0 Å². The molecule has 1 aromatic heterocycles. The number of halogens is 1. The third-order valence-electron chi connectivity index (χ3n) is 5.12. The van der Waals surface area contributed by atoms with E-state index in [0.717, 1.165) is 16.9 Å². The van der Waals surface area contributed by atoms with Gasteiger partial charge in [-0.15, -0.1) is 0 Å². The minimum Gasteiger partial charge on any atom is -0.324 e. The Morgan fingerprint density at radius 1 is 1.06 bits per heavy atom. The maximum absolute atomic E-state index is 14.2. The number of imide groups is 1. The first-order chi connectivity index (χ1) is 15.5. The Bertz CT molecular complexity index is 1230. The lowest BCUT2D eigenvalue weighted by Gasteiger charge is -2.13. The van der Waals surface area contributed by atoms with Gasteiger partial charge in [0.05, 0.1) is 5.69 Å². The molecule has 7 nitrogen and oxygen atoms in total. The third kappa shape index (κ3) is 4.15. The Morgan fingerprint density at radius 2 is 1.81 bits per heavy atom. The number of urea groups is 1. The molecule has 2 N–H and O–H groups in total. The van der Waals surface area contributed by atoms with Crippen LogP contribution in [0.4, 0.5) is 14.9 Å². The molecular formula is C24H21FN4O3. The van der Waals surface area contributed by atoms with E-state index in [4.69, 9.17) is 0 Å². The van der Waals surface area contributed by atoms with Crippen LogP contribution in [0.25, 0.3) is 11.8 Å². The van der Waals surface area contributed by atoms with Crippen LogP contribution in [0, 0.1) is 5.82 Å². The smallest absolute Gasteiger partial charge is 0.324 e. The highest BCUT2D eigenvalue weighted by molar-refractivity contribution is 6.15. The van der Waals surface area contributed by atoms with Crippen LogP contribution in [0.15, 0.2) is 72.6 Å². The summed E-state index contributed by atoms with van der Waals surface area (Å²) in [4.78, 5) is 38.4. The van der Waals surface area contributed by atoms with Crippen molar-refractivity contribution in [3.8, 4) is 5.69 Å². The van der Waals surface area contributed by atoms with E-state index in [1.807, 2.05) is 19.1 Å². The zero-order valence-corrected chi connectivity index (χ0v) is 17.3. The average molecular weight is 432 g/mol. The van der Waals surface area contributed by atoms with Crippen LogP contribution < -0.4 is 10.6 Å². The molecule has 0 radical (unpaired) electrons. The number of amides is 4. The second kappa shape index (κ2) is 8.89. The van der Waals surface area contributed by atoms with Gasteiger partial charge in [0.25, 0.3) is 5.91 Å². The van der Waals surface area contributed by atoms with E-state index >= 15 is 0 Å². The van der Waals surface area contributed by atoms with E-state index in [1.165, 1.54) is 12.1 Å². The number of anilines is 1. The molecule has 0 unspecified atom stereocenters. The van der Waals surface area contributed by atoms with Crippen molar-refractivity contribution < 1.29 is 18.8 Å². The molecule has 8 heteroatoms. The molecule has 0 atom stereocenters. The van der Waals surface area contributed by atoms with Gasteiger partial charge in [0.2, 0.25) is 5.91 Å². The predicted molar refractivity (Wildman–Crippen MR) is 118 cm³/mol. The number of hydrogen-bond donors (Lipinski definition) is 2. The highest BCUT2D eigenvalue weighted by atomic mass is 19.1. The lowest BCUT2D eigenvalue weighted by molar-refractivity contribution is -0.127. The van der Waals surface area contributed by atoms with Gasteiger partial charge in [0, 0.05) is 17.6 Å². The number of para-hydroxylation sites is 2. The number of benzene rings is 2. The Morgan fingerprint density at radius 3 is 2.59 bits per heavy atom. The van der Waals surface area contributed by atoms with Gasteiger partial charge < -0.3 is 15.2 Å². The summed E-state index contributed by atoms with van der Waals surface area (Å²) < 4.78 is 15.8. The first-order valence-electron chi connectivity index (χ1n) is 10.1. The van der Waals surface area contributed by atoms with Crippen LogP contribution in [0.5, 0.6) is 0 Å². The molecular weight excluding hydrogens is 411 g/mol. The van der Waals surface area contributed by atoms with E-state index < -0.39 is 30.2 Å². The quantitative estimate of drug-likeness (QED) is 0.460. The Kier molecular flexibility index (Phi) is 5.85. The van der Waals surface area contributed by atoms with Crippen LogP contribution >= 0.6 is 0 Å². The van der Waals surface area contributed by atoms with Crippen molar-refractivity contribution in [2.45, 2.75) is 13.3 Å². The SMILES string of the molecule is CCc1ccccc1NC(=O)CN1C(=O)N/C(=C/c2cccn2-c2ccccc2F)C1=O. The van der Waals surface area contributed by atoms with Crippen molar-refractivity contribution in [3.63, 3.8) is 0 Å². The number of aromatic nitrogens is 1. The molecule has 0 spiro atoms. The molecule has 1 saturated heterocycles. The van der Waals surface area contributed by atoms with Gasteiger partial charge in [-0.2, -0.15) is 0 Å². The van der Waals surface area contributed by atoms with Crippen molar-refractivity contribution in [3.05, 3.63) is 89.6 Å². The minimum absolute atomic E-state index is 0.00745. The Balaban J connectivity index is 1.52. The van der Waals surface area contributed by atoms with Crippen molar-refractivity contribution >= 4 is 29.6 Å². The predicted octanol–water partition coefficient (Wildman–Crippen LogP) is 3.71. The Labute approximate surface area is 184 Å². The maximum atomic E-state index is 14.2. The zero-order valence-electron chi connectivity index (χ0n) is 17.3. The van der Waals surface area contributed by atoms with E-state index in [9.17, 15) is 18.8 Å². The molecule has 1 aliphatic rings.